The van der Waals surface area contributed by atoms with E-state index in [1.54, 1.807) is 7.11 Å². The average molecular weight is 278 g/mol. The highest BCUT2D eigenvalue weighted by atomic mass is 16.5. The molecule has 1 aromatic carbocycles. The minimum absolute atomic E-state index is 0.125. The Morgan fingerprint density at radius 2 is 1.85 bits per heavy atom. The maximum atomic E-state index is 11.7. The summed E-state index contributed by atoms with van der Waals surface area (Å²) in [5.41, 5.74) is 3.33. The number of ether oxygens (including phenoxy) is 1. The predicted molar refractivity (Wildman–Crippen MR) is 82.5 cm³/mol. The molecule has 0 atom stereocenters. The van der Waals surface area contributed by atoms with Gasteiger partial charge in [0.1, 0.15) is 5.75 Å². The van der Waals surface area contributed by atoms with Crippen molar-refractivity contribution in [1.29, 1.82) is 0 Å². The Labute approximate surface area is 121 Å². The van der Waals surface area contributed by atoms with E-state index in [-0.39, 0.29) is 11.6 Å². The first kappa shape index (κ1) is 16.3. The summed E-state index contributed by atoms with van der Waals surface area (Å²) in [6.45, 7) is 10.6. The lowest BCUT2D eigenvalue weighted by atomic mass is 10.0. The van der Waals surface area contributed by atoms with Crippen LogP contribution in [0.2, 0.25) is 0 Å². The number of hydrogen-bond acceptors (Lipinski definition) is 2. The zero-order valence-electron chi connectivity index (χ0n) is 13.4. The summed E-state index contributed by atoms with van der Waals surface area (Å²) in [5.74, 6) is 0.907. The smallest absolute Gasteiger partial charge is 0.315 e. The zero-order chi connectivity index (χ0) is 15.3. The monoisotopic (exact) mass is 278 g/mol. The lowest BCUT2D eigenvalue weighted by Crippen LogP contribution is -2.46. The van der Waals surface area contributed by atoms with E-state index in [0.29, 0.717) is 6.54 Å². The molecular weight excluding hydrogens is 252 g/mol. The first-order chi connectivity index (χ1) is 9.23. The van der Waals surface area contributed by atoms with Gasteiger partial charge in [0.25, 0.3) is 0 Å². The fourth-order valence-corrected chi connectivity index (χ4v) is 2.03. The highest BCUT2D eigenvalue weighted by Crippen LogP contribution is 2.22. The van der Waals surface area contributed by atoms with Crippen molar-refractivity contribution in [2.24, 2.45) is 0 Å². The van der Waals surface area contributed by atoms with Crippen molar-refractivity contribution >= 4 is 6.03 Å². The van der Waals surface area contributed by atoms with Crippen LogP contribution in [0.4, 0.5) is 4.79 Å². The van der Waals surface area contributed by atoms with Gasteiger partial charge in [-0.1, -0.05) is 6.07 Å². The van der Waals surface area contributed by atoms with Crippen LogP contribution >= 0.6 is 0 Å². The van der Waals surface area contributed by atoms with Crippen molar-refractivity contribution < 1.29 is 9.53 Å². The standard InChI is InChI=1S/C16H26N2O2/c1-11-10-14(20-6)12(2)9-13(11)7-8-17-15(19)18-16(3,4)5/h9-10H,7-8H2,1-6H3,(H2,17,18,19). The number of carbonyl (C=O) groups excluding carboxylic acids is 1. The zero-order valence-corrected chi connectivity index (χ0v) is 13.4. The Hall–Kier alpha value is -1.71. The molecule has 2 N–H and O–H groups in total. The van der Waals surface area contributed by atoms with E-state index < -0.39 is 0 Å². The van der Waals surface area contributed by atoms with Crippen LogP contribution in [0.25, 0.3) is 0 Å². The minimum Gasteiger partial charge on any atom is -0.496 e. The number of nitrogens with one attached hydrogen (secondary N) is 2. The van der Waals surface area contributed by atoms with Gasteiger partial charge in [-0.2, -0.15) is 0 Å². The van der Waals surface area contributed by atoms with Crippen LogP contribution in [0.3, 0.4) is 0 Å². The molecule has 0 aliphatic heterocycles. The summed E-state index contributed by atoms with van der Waals surface area (Å²) >= 11 is 0. The van der Waals surface area contributed by atoms with Gasteiger partial charge in [0.15, 0.2) is 0 Å². The Bertz CT molecular complexity index is 476. The molecule has 1 rings (SSSR count). The SMILES string of the molecule is COc1cc(C)c(CCNC(=O)NC(C)(C)C)cc1C. The predicted octanol–water partition coefficient (Wildman–Crippen LogP) is 2.95. The summed E-state index contributed by atoms with van der Waals surface area (Å²) in [6, 6.07) is 4.04. The fraction of sp³-hybridized carbons (Fsp3) is 0.562. The third-order valence-electron chi connectivity index (χ3n) is 3.02. The maximum Gasteiger partial charge on any atom is 0.315 e. The summed E-state index contributed by atoms with van der Waals surface area (Å²) in [7, 11) is 1.68. The van der Waals surface area contributed by atoms with E-state index in [0.717, 1.165) is 17.7 Å². The Morgan fingerprint density at radius 1 is 1.20 bits per heavy atom. The highest BCUT2D eigenvalue weighted by molar-refractivity contribution is 5.74. The van der Waals surface area contributed by atoms with E-state index in [1.807, 2.05) is 33.8 Å². The molecule has 4 heteroatoms. The van der Waals surface area contributed by atoms with Gasteiger partial charge in [-0.05, 0) is 63.8 Å². The van der Waals surface area contributed by atoms with E-state index in [4.69, 9.17) is 4.74 Å². The summed E-state index contributed by atoms with van der Waals surface area (Å²) in [5, 5.41) is 5.76. The molecule has 0 aliphatic rings. The molecule has 0 bridgehead atoms. The molecule has 1 aromatic rings. The number of hydrogen-bond donors (Lipinski definition) is 2. The third-order valence-corrected chi connectivity index (χ3v) is 3.02. The van der Waals surface area contributed by atoms with Gasteiger partial charge < -0.3 is 15.4 Å². The second-order valence-electron chi connectivity index (χ2n) is 6.13. The van der Waals surface area contributed by atoms with Gasteiger partial charge in [-0.25, -0.2) is 4.79 Å². The average Bonchev–Trinajstić information content (AvgIpc) is 2.30. The Balaban J connectivity index is 2.54. The van der Waals surface area contributed by atoms with E-state index in [1.165, 1.54) is 11.1 Å². The van der Waals surface area contributed by atoms with Crippen LogP contribution in [0.5, 0.6) is 5.75 Å². The molecule has 0 saturated carbocycles. The van der Waals surface area contributed by atoms with Crippen molar-refractivity contribution in [1.82, 2.24) is 10.6 Å². The molecular formula is C16H26N2O2. The number of methoxy groups -OCH3 is 1. The van der Waals surface area contributed by atoms with Crippen LogP contribution in [0.15, 0.2) is 12.1 Å². The summed E-state index contributed by atoms with van der Waals surface area (Å²) in [6.07, 6.45) is 0.814. The normalized spacial score (nSPS) is 11.1. The van der Waals surface area contributed by atoms with Gasteiger partial charge >= 0.3 is 6.03 Å². The quantitative estimate of drug-likeness (QED) is 0.889. The Morgan fingerprint density at radius 3 is 2.40 bits per heavy atom. The maximum absolute atomic E-state index is 11.7. The minimum atomic E-state index is -0.212. The fourth-order valence-electron chi connectivity index (χ4n) is 2.03. The molecule has 0 spiro atoms. The number of carbonyl (C=O) groups is 1. The van der Waals surface area contributed by atoms with Crippen molar-refractivity contribution in [3.8, 4) is 5.75 Å². The molecule has 112 valence electrons. The van der Waals surface area contributed by atoms with Crippen molar-refractivity contribution in [3.63, 3.8) is 0 Å². The van der Waals surface area contributed by atoms with Gasteiger partial charge in [0.05, 0.1) is 7.11 Å². The number of rotatable bonds is 4. The molecule has 0 aromatic heterocycles. The molecule has 0 heterocycles. The molecule has 0 saturated heterocycles. The van der Waals surface area contributed by atoms with Gasteiger partial charge in [-0.3, -0.25) is 0 Å². The lowest BCUT2D eigenvalue weighted by molar-refractivity contribution is 0.232. The van der Waals surface area contributed by atoms with Crippen molar-refractivity contribution in [2.75, 3.05) is 13.7 Å². The van der Waals surface area contributed by atoms with Gasteiger partial charge in [0.2, 0.25) is 0 Å². The van der Waals surface area contributed by atoms with E-state index >= 15 is 0 Å². The van der Waals surface area contributed by atoms with Crippen LogP contribution in [0.1, 0.15) is 37.5 Å². The van der Waals surface area contributed by atoms with Crippen molar-refractivity contribution in [3.05, 3.63) is 28.8 Å². The van der Waals surface area contributed by atoms with Crippen molar-refractivity contribution in [2.45, 2.75) is 46.6 Å². The second kappa shape index (κ2) is 6.64. The first-order valence-corrected chi connectivity index (χ1v) is 6.93. The number of amides is 2. The molecule has 4 nitrogen and oxygen atoms in total. The molecule has 0 aliphatic carbocycles. The highest BCUT2D eigenvalue weighted by Gasteiger charge is 2.13. The van der Waals surface area contributed by atoms with Crippen LogP contribution in [-0.4, -0.2) is 25.2 Å². The third kappa shape index (κ3) is 5.11. The second-order valence-corrected chi connectivity index (χ2v) is 6.13. The van der Waals surface area contributed by atoms with Crippen LogP contribution < -0.4 is 15.4 Å². The molecule has 2 amide bonds. The topological polar surface area (TPSA) is 50.4 Å². The number of benzene rings is 1. The van der Waals surface area contributed by atoms with Crippen LogP contribution in [-0.2, 0) is 6.42 Å². The van der Waals surface area contributed by atoms with Gasteiger partial charge in [0, 0.05) is 12.1 Å². The van der Waals surface area contributed by atoms with Crippen LogP contribution in [0, 0.1) is 13.8 Å². The lowest BCUT2D eigenvalue weighted by Gasteiger charge is -2.21. The molecule has 0 fully saturated rings. The number of urea groups is 1. The largest absolute Gasteiger partial charge is 0.496 e. The molecule has 0 unspecified atom stereocenters. The summed E-state index contributed by atoms with van der Waals surface area (Å²) in [4.78, 5) is 11.7. The van der Waals surface area contributed by atoms with Gasteiger partial charge in [-0.15, -0.1) is 0 Å². The first-order valence-electron chi connectivity index (χ1n) is 6.93. The summed E-state index contributed by atoms with van der Waals surface area (Å²) < 4.78 is 5.30. The van der Waals surface area contributed by atoms with E-state index in [2.05, 4.69) is 23.6 Å². The number of aryl methyl sites for hydroxylation is 2. The van der Waals surface area contributed by atoms with E-state index in [9.17, 15) is 4.79 Å². The molecule has 20 heavy (non-hydrogen) atoms. The molecule has 0 radical (unpaired) electrons. The Kier molecular flexibility index (Phi) is 5.43.